The van der Waals surface area contributed by atoms with Gasteiger partial charge in [0.25, 0.3) is 0 Å². The second kappa shape index (κ2) is 11.3. The summed E-state index contributed by atoms with van der Waals surface area (Å²) < 4.78 is 17.4. The Kier molecular flexibility index (Phi) is 8.46. The lowest BCUT2D eigenvalue weighted by Gasteiger charge is -2.42. The smallest absolute Gasteiger partial charge is 0.412 e. The molecule has 0 saturated carbocycles. The molecule has 2 unspecified atom stereocenters. The van der Waals surface area contributed by atoms with Gasteiger partial charge in [-0.05, 0) is 29.4 Å². The molecular weight excluding hydrogens is 394 g/mol. The Morgan fingerprint density at radius 2 is 1.61 bits per heavy atom. The Labute approximate surface area is 184 Å². The van der Waals surface area contributed by atoms with Crippen molar-refractivity contribution in [2.75, 3.05) is 6.73 Å². The van der Waals surface area contributed by atoms with Crippen molar-refractivity contribution in [3.05, 3.63) is 71.8 Å². The monoisotopic (exact) mass is 427 g/mol. The Balaban J connectivity index is 1.65. The first-order valence-corrected chi connectivity index (χ1v) is 10.9. The minimum Gasteiger partial charge on any atom is -0.444 e. The van der Waals surface area contributed by atoms with Gasteiger partial charge in [-0.15, -0.1) is 0 Å². The van der Waals surface area contributed by atoms with E-state index >= 15 is 0 Å². The van der Waals surface area contributed by atoms with E-state index < -0.39 is 18.5 Å². The number of hydrogen-bond acceptors (Lipinski definition) is 5. The van der Waals surface area contributed by atoms with Crippen molar-refractivity contribution in [1.29, 1.82) is 0 Å². The first kappa shape index (κ1) is 23.3. The van der Waals surface area contributed by atoms with E-state index in [-0.39, 0.29) is 31.3 Å². The van der Waals surface area contributed by atoms with Gasteiger partial charge in [0, 0.05) is 0 Å². The Bertz CT molecular complexity index is 798. The summed E-state index contributed by atoms with van der Waals surface area (Å²) >= 11 is 0. The number of carbonyl (C=O) groups excluding carboxylic acids is 1. The van der Waals surface area contributed by atoms with Gasteiger partial charge in [-0.25, -0.2) is 4.79 Å². The van der Waals surface area contributed by atoms with Gasteiger partial charge >= 0.3 is 6.09 Å². The maximum absolute atomic E-state index is 12.8. The average molecular weight is 428 g/mol. The molecule has 1 N–H and O–H groups in total. The Hall–Kier alpha value is -2.41. The highest BCUT2D eigenvalue weighted by Crippen LogP contribution is 2.32. The van der Waals surface area contributed by atoms with Crippen molar-refractivity contribution in [1.82, 2.24) is 4.90 Å². The van der Waals surface area contributed by atoms with Crippen LogP contribution < -0.4 is 0 Å². The van der Waals surface area contributed by atoms with Crippen LogP contribution in [0, 0.1) is 11.8 Å². The molecule has 1 amide bonds. The number of amides is 1. The summed E-state index contributed by atoms with van der Waals surface area (Å²) in [7, 11) is 0. The van der Waals surface area contributed by atoms with Crippen LogP contribution in [0.5, 0.6) is 0 Å². The van der Waals surface area contributed by atoms with Crippen LogP contribution in [0.1, 0.15) is 38.3 Å². The lowest BCUT2D eigenvalue weighted by molar-refractivity contribution is -0.278. The van der Waals surface area contributed by atoms with Crippen LogP contribution in [-0.4, -0.2) is 41.3 Å². The van der Waals surface area contributed by atoms with Crippen molar-refractivity contribution in [3.63, 3.8) is 0 Å². The zero-order chi connectivity index (χ0) is 22.2. The van der Waals surface area contributed by atoms with Crippen LogP contribution in [-0.2, 0) is 27.4 Å². The van der Waals surface area contributed by atoms with E-state index in [2.05, 4.69) is 13.8 Å². The van der Waals surface area contributed by atoms with Crippen molar-refractivity contribution < 1.29 is 24.1 Å². The minimum atomic E-state index is -0.781. The van der Waals surface area contributed by atoms with E-state index in [0.717, 1.165) is 17.5 Å². The van der Waals surface area contributed by atoms with Crippen LogP contribution in [0.4, 0.5) is 4.79 Å². The maximum Gasteiger partial charge on any atom is 0.412 e. The molecular formula is C25H33NO5. The molecule has 6 heteroatoms. The van der Waals surface area contributed by atoms with Gasteiger partial charge in [0.2, 0.25) is 0 Å². The molecule has 0 bridgehead atoms. The van der Waals surface area contributed by atoms with Crippen LogP contribution in [0.3, 0.4) is 0 Å². The Morgan fingerprint density at radius 1 is 1.00 bits per heavy atom. The van der Waals surface area contributed by atoms with Crippen molar-refractivity contribution in [3.8, 4) is 0 Å². The molecule has 1 aliphatic rings. The third kappa shape index (κ3) is 6.29. The first-order valence-electron chi connectivity index (χ1n) is 10.9. The second-order valence-corrected chi connectivity index (χ2v) is 8.18. The van der Waals surface area contributed by atoms with Crippen LogP contribution >= 0.6 is 0 Å². The van der Waals surface area contributed by atoms with Gasteiger partial charge in [-0.1, -0.05) is 81.4 Å². The summed E-state index contributed by atoms with van der Waals surface area (Å²) in [5.41, 5.74) is 1.87. The number of aliphatic hydroxyl groups is 1. The van der Waals surface area contributed by atoms with Crippen molar-refractivity contribution in [2.45, 2.75) is 58.8 Å². The number of benzene rings is 2. The van der Waals surface area contributed by atoms with E-state index in [1.807, 2.05) is 67.6 Å². The molecule has 3 rings (SSSR count). The first-order chi connectivity index (χ1) is 15.0. The van der Waals surface area contributed by atoms with Gasteiger partial charge in [-0.2, -0.15) is 0 Å². The fourth-order valence-electron chi connectivity index (χ4n) is 3.82. The van der Waals surface area contributed by atoms with Gasteiger partial charge in [0.1, 0.15) is 19.4 Å². The van der Waals surface area contributed by atoms with Gasteiger partial charge in [0.05, 0.1) is 12.6 Å². The minimum absolute atomic E-state index is 0.0102. The Morgan fingerprint density at radius 3 is 2.23 bits per heavy atom. The molecule has 0 spiro atoms. The number of nitrogens with zero attached hydrogens (tertiary/aromatic N) is 1. The third-order valence-corrected chi connectivity index (χ3v) is 6.02. The zero-order valence-corrected chi connectivity index (χ0v) is 18.5. The summed E-state index contributed by atoms with van der Waals surface area (Å²) in [6, 6.07) is 19.2. The summed E-state index contributed by atoms with van der Waals surface area (Å²) in [4.78, 5) is 14.3. The van der Waals surface area contributed by atoms with E-state index in [9.17, 15) is 9.90 Å². The van der Waals surface area contributed by atoms with Gasteiger partial charge < -0.3 is 19.3 Å². The molecule has 5 atom stereocenters. The van der Waals surface area contributed by atoms with E-state index in [4.69, 9.17) is 14.2 Å². The summed E-state index contributed by atoms with van der Waals surface area (Å²) in [5.74, 6) is 0.271. The largest absolute Gasteiger partial charge is 0.444 e. The SMILES string of the molecule is CCC1O[C@@H](OCN(Cc2ccccc2)C(=O)OCc2ccccc2)C(O)[C@@H](C)[C@@H]1C. The fourth-order valence-corrected chi connectivity index (χ4v) is 3.82. The topological polar surface area (TPSA) is 68.2 Å². The highest BCUT2D eigenvalue weighted by Gasteiger charge is 2.40. The number of aliphatic hydroxyl groups excluding tert-OH is 1. The summed E-state index contributed by atoms with van der Waals surface area (Å²) in [6.45, 7) is 6.63. The highest BCUT2D eigenvalue weighted by atomic mass is 16.7. The van der Waals surface area contributed by atoms with E-state index in [1.54, 1.807) is 0 Å². The molecule has 0 aliphatic carbocycles. The molecule has 31 heavy (non-hydrogen) atoms. The zero-order valence-electron chi connectivity index (χ0n) is 18.5. The van der Waals surface area contributed by atoms with Crippen molar-refractivity contribution >= 4 is 6.09 Å². The van der Waals surface area contributed by atoms with Crippen LogP contribution in [0.25, 0.3) is 0 Å². The number of hydrogen-bond donors (Lipinski definition) is 1. The van der Waals surface area contributed by atoms with E-state index in [1.165, 1.54) is 4.90 Å². The molecule has 0 aromatic heterocycles. The molecule has 1 saturated heterocycles. The number of ether oxygens (including phenoxy) is 3. The van der Waals surface area contributed by atoms with E-state index in [0.29, 0.717) is 6.54 Å². The number of carbonyl (C=O) groups is 1. The molecule has 1 heterocycles. The van der Waals surface area contributed by atoms with Crippen LogP contribution in [0.15, 0.2) is 60.7 Å². The predicted octanol–water partition coefficient (Wildman–Crippen LogP) is 4.57. The highest BCUT2D eigenvalue weighted by molar-refractivity contribution is 5.67. The van der Waals surface area contributed by atoms with Gasteiger partial charge in [-0.3, -0.25) is 4.90 Å². The molecule has 6 nitrogen and oxygen atoms in total. The lowest BCUT2D eigenvalue weighted by atomic mass is 9.83. The van der Waals surface area contributed by atoms with Crippen LogP contribution in [0.2, 0.25) is 0 Å². The predicted molar refractivity (Wildman–Crippen MR) is 118 cm³/mol. The molecule has 1 aliphatic heterocycles. The normalized spacial score (nSPS) is 25.7. The molecule has 0 radical (unpaired) electrons. The molecule has 168 valence electrons. The van der Waals surface area contributed by atoms with Gasteiger partial charge in [0.15, 0.2) is 6.29 Å². The molecule has 2 aromatic rings. The molecule has 2 aromatic carbocycles. The average Bonchev–Trinajstić information content (AvgIpc) is 2.81. The van der Waals surface area contributed by atoms with Crippen molar-refractivity contribution in [2.24, 2.45) is 11.8 Å². The fraction of sp³-hybridized carbons (Fsp3) is 0.480. The summed E-state index contributed by atoms with van der Waals surface area (Å²) in [6.07, 6.45) is -1.17. The second-order valence-electron chi connectivity index (χ2n) is 8.18. The standard InChI is InChI=1S/C25H33NO5/c1-4-22-18(2)19(3)23(27)24(31-22)30-17-26(15-20-11-7-5-8-12-20)25(28)29-16-21-13-9-6-10-14-21/h5-14,18-19,22-24,27H,4,15-17H2,1-3H3/t18-,19-,22?,23?,24+/m0/s1. The molecule has 1 fully saturated rings. The quantitative estimate of drug-likeness (QED) is 0.625. The third-order valence-electron chi connectivity index (χ3n) is 6.02. The number of rotatable bonds is 8. The maximum atomic E-state index is 12.8. The lowest BCUT2D eigenvalue weighted by Crippen LogP contribution is -2.51. The summed E-state index contributed by atoms with van der Waals surface area (Å²) in [5, 5.41) is 10.6.